The van der Waals surface area contributed by atoms with Crippen molar-refractivity contribution in [2.75, 3.05) is 13.3 Å². The Morgan fingerprint density at radius 1 is 1.34 bits per heavy atom. The molecule has 3 rings (SSSR count). The van der Waals surface area contributed by atoms with Gasteiger partial charge in [-0.15, -0.1) is 11.3 Å². The molecule has 2 heterocycles. The van der Waals surface area contributed by atoms with E-state index in [4.69, 9.17) is 4.74 Å². The summed E-state index contributed by atoms with van der Waals surface area (Å²) in [5, 5.41) is 3.30. The molecule has 0 fully saturated rings. The van der Waals surface area contributed by atoms with Crippen LogP contribution in [0.25, 0.3) is 23.1 Å². The first-order valence-electron chi connectivity index (χ1n) is 9.48. The molecule has 2 aromatic heterocycles. The predicted octanol–water partition coefficient (Wildman–Crippen LogP) is 4.90. The molecule has 0 atom stereocenters. The highest BCUT2D eigenvalue weighted by molar-refractivity contribution is 7.10. The lowest BCUT2D eigenvalue weighted by Gasteiger charge is -2.12. The van der Waals surface area contributed by atoms with E-state index in [2.05, 4.69) is 18.8 Å². The zero-order valence-corrected chi connectivity index (χ0v) is 17.5. The number of hydrogen-bond donors (Lipinski definition) is 0. The molecule has 0 amide bonds. The van der Waals surface area contributed by atoms with Gasteiger partial charge in [0, 0.05) is 17.0 Å². The number of hydrogen-bond acceptors (Lipinski definition) is 5. The maximum atomic E-state index is 13.1. The quantitative estimate of drug-likeness (QED) is 0.516. The van der Waals surface area contributed by atoms with Gasteiger partial charge in [0.25, 0.3) is 0 Å². The van der Waals surface area contributed by atoms with E-state index in [-0.39, 0.29) is 18.7 Å². The van der Waals surface area contributed by atoms with Gasteiger partial charge < -0.3 is 9.30 Å². The van der Waals surface area contributed by atoms with E-state index < -0.39 is 18.1 Å². The van der Waals surface area contributed by atoms with Gasteiger partial charge in [-0.05, 0) is 36.6 Å². The van der Waals surface area contributed by atoms with Crippen LogP contribution in [0.5, 0.6) is 0 Å². The van der Waals surface area contributed by atoms with Crippen molar-refractivity contribution >= 4 is 40.4 Å². The standard InChI is InChI=1S/C22H23FN2O3S/c1-4-28-22(27)17-12-25(10-9-23)19-11-15(5-7-16(19)21(17)26)6-8-20-24-18(13-29-20)14(2)3/h5-8,11-14H,4,9-10H2,1-3H3. The predicted molar refractivity (Wildman–Crippen MR) is 115 cm³/mol. The van der Waals surface area contributed by atoms with Crippen molar-refractivity contribution in [3.63, 3.8) is 0 Å². The SMILES string of the molecule is CCOC(=O)c1cn(CCF)c2cc(C=Cc3nc(C(C)C)cs3)ccc2c1=O. The van der Waals surface area contributed by atoms with Gasteiger partial charge in [-0.1, -0.05) is 26.0 Å². The number of alkyl halides is 1. The Labute approximate surface area is 172 Å². The van der Waals surface area contributed by atoms with Gasteiger partial charge in [-0.25, -0.2) is 14.2 Å². The largest absolute Gasteiger partial charge is 0.462 e. The number of aromatic nitrogens is 2. The van der Waals surface area contributed by atoms with Gasteiger partial charge in [0.05, 0.1) is 24.4 Å². The fourth-order valence-corrected chi connectivity index (χ4v) is 3.82. The van der Waals surface area contributed by atoms with E-state index >= 15 is 0 Å². The molecular formula is C22H23FN2O3S. The highest BCUT2D eigenvalue weighted by Crippen LogP contribution is 2.21. The van der Waals surface area contributed by atoms with E-state index in [9.17, 15) is 14.0 Å². The summed E-state index contributed by atoms with van der Waals surface area (Å²) in [6.45, 7) is 5.46. The van der Waals surface area contributed by atoms with E-state index in [1.54, 1.807) is 35.0 Å². The van der Waals surface area contributed by atoms with Gasteiger partial charge in [-0.2, -0.15) is 0 Å². The second-order valence-corrected chi connectivity index (χ2v) is 7.74. The minimum Gasteiger partial charge on any atom is -0.462 e. The Morgan fingerprint density at radius 2 is 2.14 bits per heavy atom. The summed E-state index contributed by atoms with van der Waals surface area (Å²) in [6.07, 6.45) is 5.21. The Morgan fingerprint density at radius 3 is 2.79 bits per heavy atom. The number of pyridine rings is 1. The van der Waals surface area contributed by atoms with Crippen molar-refractivity contribution < 1.29 is 13.9 Å². The highest BCUT2D eigenvalue weighted by atomic mass is 32.1. The lowest BCUT2D eigenvalue weighted by Crippen LogP contribution is -2.21. The van der Waals surface area contributed by atoms with Crippen LogP contribution in [0.3, 0.4) is 0 Å². The minimum absolute atomic E-state index is 0.0422. The normalized spacial score (nSPS) is 11.6. The molecule has 152 valence electrons. The van der Waals surface area contributed by atoms with Crippen molar-refractivity contribution in [3.05, 3.63) is 61.8 Å². The molecule has 1 aromatic carbocycles. The Kier molecular flexibility index (Phi) is 6.59. The van der Waals surface area contributed by atoms with Crippen LogP contribution < -0.4 is 5.43 Å². The van der Waals surface area contributed by atoms with E-state index in [0.717, 1.165) is 16.3 Å². The van der Waals surface area contributed by atoms with Gasteiger partial charge in [0.2, 0.25) is 5.43 Å². The van der Waals surface area contributed by atoms with Gasteiger partial charge >= 0.3 is 5.97 Å². The van der Waals surface area contributed by atoms with E-state index in [1.165, 1.54) is 6.20 Å². The third-order valence-corrected chi connectivity index (χ3v) is 5.30. The monoisotopic (exact) mass is 414 g/mol. The van der Waals surface area contributed by atoms with Crippen LogP contribution in [0.4, 0.5) is 4.39 Å². The second-order valence-electron chi connectivity index (χ2n) is 6.85. The van der Waals surface area contributed by atoms with Crippen LogP contribution >= 0.6 is 11.3 Å². The molecule has 0 saturated carbocycles. The topological polar surface area (TPSA) is 61.2 Å². The fourth-order valence-electron chi connectivity index (χ4n) is 2.95. The summed E-state index contributed by atoms with van der Waals surface area (Å²) in [5.74, 6) is -0.321. The molecule has 0 N–H and O–H groups in total. The summed E-state index contributed by atoms with van der Waals surface area (Å²) in [7, 11) is 0. The maximum Gasteiger partial charge on any atom is 0.343 e. The Bertz CT molecular complexity index is 1110. The number of benzene rings is 1. The lowest BCUT2D eigenvalue weighted by atomic mass is 10.1. The number of aryl methyl sites for hydroxylation is 1. The lowest BCUT2D eigenvalue weighted by molar-refractivity contribution is 0.0524. The first-order chi connectivity index (χ1) is 13.9. The number of rotatable bonds is 7. The number of thiazole rings is 1. The zero-order chi connectivity index (χ0) is 21.0. The summed E-state index contributed by atoms with van der Waals surface area (Å²) >= 11 is 1.57. The molecule has 5 nitrogen and oxygen atoms in total. The minimum atomic E-state index is -0.694. The first-order valence-corrected chi connectivity index (χ1v) is 10.4. The van der Waals surface area contributed by atoms with Crippen molar-refractivity contribution in [1.29, 1.82) is 0 Å². The van der Waals surface area contributed by atoms with E-state index in [0.29, 0.717) is 16.8 Å². The number of halogens is 1. The molecule has 0 aliphatic carbocycles. The maximum absolute atomic E-state index is 13.1. The van der Waals surface area contributed by atoms with Crippen molar-refractivity contribution in [2.24, 2.45) is 0 Å². The third kappa shape index (κ3) is 4.62. The molecule has 3 aromatic rings. The van der Waals surface area contributed by atoms with Gasteiger partial charge in [0.15, 0.2) is 0 Å². The smallest absolute Gasteiger partial charge is 0.343 e. The van der Waals surface area contributed by atoms with Gasteiger partial charge in [0.1, 0.15) is 17.2 Å². The molecule has 0 aliphatic heterocycles. The third-order valence-electron chi connectivity index (χ3n) is 4.48. The molecule has 0 aliphatic rings. The van der Waals surface area contributed by atoms with Crippen LogP contribution in [0.15, 0.2) is 34.6 Å². The summed E-state index contributed by atoms with van der Waals surface area (Å²) in [6, 6.07) is 5.27. The van der Waals surface area contributed by atoms with Crippen LogP contribution in [-0.2, 0) is 11.3 Å². The number of esters is 1. The Hall–Kier alpha value is -2.80. The van der Waals surface area contributed by atoms with E-state index in [1.807, 2.05) is 23.6 Å². The fraction of sp³-hybridized carbons (Fsp3) is 0.318. The second kappa shape index (κ2) is 9.13. The summed E-state index contributed by atoms with van der Waals surface area (Å²) in [5.41, 5.74) is 1.99. The van der Waals surface area contributed by atoms with Gasteiger partial charge in [-0.3, -0.25) is 4.79 Å². The molecule has 0 saturated heterocycles. The van der Waals surface area contributed by atoms with Crippen molar-refractivity contribution in [3.8, 4) is 0 Å². The number of carbonyl (C=O) groups excluding carboxylic acids is 1. The van der Waals surface area contributed by atoms with Crippen molar-refractivity contribution in [2.45, 2.75) is 33.2 Å². The summed E-state index contributed by atoms with van der Waals surface area (Å²) in [4.78, 5) is 29.4. The molecule has 7 heteroatoms. The number of nitrogens with zero attached hydrogens (tertiary/aromatic N) is 2. The molecular weight excluding hydrogens is 391 g/mol. The number of ether oxygens (including phenoxy) is 1. The molecule has 0 spiro atoms. The number of fused-ring (bicyclic) bond motifs is 1. The zero-order valence-electron chi connectivity index (χ0n) is 16.6. The molecule has 0 radical (unpaired) electrons. The first kappa shape index (κ1) is 20.9. The van der Waals surface area contributed by atoms with Crippen LogP contribution in [0, 0.1) is 0 Å². The van der Waals surface area contributed by atoms with Crippen LogP contribution in [0.2, 0.25) is 0 Å². The van der Waals surface area contributed by atoms with Crippen LogP contribution in [0.1, 0.15) is 53.3 Å². The molecule has 29 heavy (non-hydrogen) atoms. The highest BCUT2D eigenvalue weighted by Gasteiger charge is 2.16. The molecule has 0 unspecified atom stereocenters. The van der Waals surface area contributed by atoms with Crippen molar-refractivity contribution in [1.82, 2.24) is 9.55 Å². The average Bonchev–Trinajstić information content (AvgIpc) is 3.18. The summed E-state index contributed by atoms with van der Waals surface area (Å²) < 4.78 is 19.6. The van der Waals surface area contributed by atoms with Crippen LogP contribution in [-0.4, -0.2) is 28.8 Å². The number of carbonyl (C=O) groups is 1. The molecule has 0 bridgehead atoms. The average molecular weight is 415 g/mol. The Balaban J connectivity index is 2.02.